The van der Waals surface area contributed by atoms with Crippen LogP contribution in [0.5, 0.6) is 0 Å². The number of aromatic nitrogens is 2. The molecular formula is C12H11N2O3S-. The van der Waals surface area contributed by atoms with Crippen LogP contribution in [0, 0.1) is 0 Å². The van der Waals surface area contributed by atoms with E-state index < -0.39 is 5.97 Å². The van der Waals surface area contributed by atoms with Crippen LogP contribution in [0.25, 0.3) is 0 Å². The first-order valence-electron chi connectivity index (χ1n) is 5.44. The molecule has 0 bridgehead atoms. The summed E-state index contributed by atoms with van der Waals surface area (Å²) in [7, 11) is 0. The highest BCUT2D eigenvalue weighted by atomic mass is 32.2. The van der Waals surface area contributed by atoms with Crippen LogP contribution in [0.4, 0.5) is 0 Å². The number of aryl methyl sites for hydroxylation is 1. The molecule has 1 heterocycles. The molecular weight excluding hydrogens is 252 g/mol. The molecule has 0 unspecified atom stereocenters. The molecule has 0 saturated carbocycles. The van der Waals surface area contributed by atoms with Gasteiger partial charge in [-0.15, -0.1) is 10.2 Å². The molecule has 0 spiro atoms. The lowest BCUT2D eigenvalue weighted by molar-refractivity contribution is -0.255. The van der Waals surface area contributed by atoms with Gasteiger partial charge in [-0.3, -0.25) is 0 Å². The summed E-state index contributed by atoms with van der Waals surface area (Å²) in [6.45, 7) is 1.95. The second-order valence-electron chi connectivity index (χ2n) is 3.59. The Morgan fingerprint density at radius 3 is 2.61 bits per heavy atom. The minimum atomic E-state index is -1.17. The summed E-state index contributed by atoms with van der Waals surface area (Å²) in [6.07, 6.45) is 0.716. The van der Waals surface area contributed by atoms with Crippen molar-refractivity contribution in [3.05, 3.63) is 41.3 Å². The molecule has 2 aromatic rings. The van der Waals surface area contributed by atoms with Crippen molar-refractivity contribution in [3.8, 4) is 0 Å². The number of hydrogen-bond donors (Lipinski definition) is 0. The molecule has 0 amide bonds. The van der Waals surface area contributed by atoms with Crippen LogP contribution in [0.15, 0.2) is 33.9 Å². The summed E-state index contributed by atoms with van der Waals surface area (Å²) in [5, 5.41) is 18.9. The second kappa shape index (κ2) is 5.68. The number of aromatic carboxylic acids is 1. The van der Waals surface area contributed by atoms with Crippen molar-refractivity contribution in [1.29, 1.82) is 0 Å². The molecule has 6 heteroatoms. The number of rotatable bonds is 5. The Kier molecular flexibility index (Phi) is 3.99. The molecule has 1 aromatic carbocycles. The van der Waals surface area contributed by atoms with E-state index in [4.69, 9.17) is 4.42 Å². The predicted octanol–water partition coefficient (Wildman–Crippen LogP) is 1.29. The number of carboxylic acid groups (broad SMARTS) is 1. The lowest BCUT2D eigenvalue weighted by Crippen LogP contribution is -2.21. The third-order valence-corrected chi connectivity index (χ3v) is 3.19. The van der Waals surface area contributed by atoms with E-state index in [2.05, 4.69) is 10.2 Å². The van der Waals surface area contributed by atoms with Gasteiger partial charge in [0, 0.05) is 12.2 Å². The van der Waals surface area contributed by atoms with Gasteiger partial charge in [-0.1, -0.05) is 43.0 Å². The van der Waals surface area contributed by atoms with Gasteiger partial charge in [0.2, 0.25) is 5.89 Å². The standard InChI is InChI=1S/C12H12N2O3S/c1-2-10-13-14-12(17-10)18-7-8-3-5-9(6-4-8)11(15)16/h3-6H,2,7H2,1H3,(H,15,16)/p-1. The van der Waals surface area contributed by atoms with Crippen molar-refractivity contribution in [1.82, 2.24) is 10.2 Å². The van der Waals surface area contributed by atoms with E-state index in [1.54, 1.807) is 12.1 Å². The molecule has 1 aromatic heterocycles. The summed E-state index contributed by atoms with van der Waals surface area (Å²) in [5.74, 6) is 0.0991. The zero-order valence-corrected chi connectivity index (χ0v) is 10.6. The van der Waals surface area contributed by atoms with Crippen molar-refractivity contribution in [2.24, 2.45) is 0 Å². The molecule has 2 rings (SSSR count). The zero-order chi connectivity index (χ0) is 13.0. The molecule has 0 aliphatic rings. The molecule has 0 atom stereocenters. The van der Waals surface area contributed by atoms with Gasteiger partial charge in [0.25, 0.3) is 5.22 Å². The first kappa shape index (κ1) is 12.6. The van der Waals surface area contributed by atoms with E-state index in [1.807, 2.05) is 6.92 Å². The maximum atomic E-state index is 10.6. The Labute approximate surface area is 108 Å². The summed E-state index contributed by atoms with van der Waals surface area (Å²) < 4.78 is 5.35. The summed E-state index contributed by atoms with van der Waals surface area (Å²) in [6, 6.07) is 6.54. The van der Waals surface area contributed by atoms with Crippen molar-refractivity contribution in [3.63, 3.8) is 0 Å². The van der Waals surface area contributed by atoms with Gasteiger partial charge in [-0.2, -0.15) is 0 Å². The van der Waals surface area contributed by atoms with Crippen LogP contribution in [-0.2, 0) is 12.2 Å². The fraction of sp³-hybridized carbons (Fsp3) is 0.250. The molecule has 0 aliphatic carbocycles. The number of thioether (sulfide) groups is 1. The van der Waals surface area contributed by atoms with Crippen LogP contribution in [-0.4, -0.2) is 16.2 Å². The summed E-state index contributed by atoms with van der Waals surface area (Å²) in [5.41, 5.74) is 1.16. The van der Waals surface area contributed by atoms with Crippen LogP contribution in [0.3, 0.4) is 0 Å². The van der Waals surface area contributed by atoms with Crippen molar-refractivity contribution < 1.29 is 14.3 Å². The Morgan fingerprint density at radius 1 is 1.33 bits per heavy atom. The van der Waals surface area contributed by atoms with Gasteiger partial charge in [-0.05, 0) is 11.1 Å². The number of carbonyl (C=O) groups is 1. The molecule has 0 fully saturated rings. The Bertz CT molecular complexity index is 537. The average molecular weight is 263 g/mol. The molecule has 5 nitrogen and oxygen atoms in total. The smallest absolute Gasteiger partial charge is 0.276 e. The average Bonchev–Trinajstić information content (AvgIpc) is 2.85. The van der Waals surface area contributed by atoms with Gasteiger partial charge < -0.3 is 14.3 Å². The van der Waals surface area contributed by atoms with Gasteiger partial charge in [0.05, 0.1) is 5.97 Å². The number of hydrogen-bond acceptors (Lipinski definition) is 6. The van der Waals surface area contributed by atoms with Crippen molar-refractivity contribution >= 4 is 17.7 Å². The minimum absolute atomic E-state index is 0.176. The molecule has 18 heavy (non-hydrogen) atoms. The van der Waals surface area contributed by atoms with Crippen LogP contribution >= 0.6 is 11.8 Å². The van der Waals surface area contributed by atoms with Crippen LogP contribution in [0.2, 0.25) is 0 Å². The minimum Gasteiger partial charge on any atom is -0.545 e. The fourth-order valence-corrected chi connectivity index (χ4v) is 2.06. The maximum Gasteiger partial charge on any atom is 0.276 e. The normalized spacial score (nSPS) is 10.5. The Balaban J connectivity index is 1.95. The SMILES string of the molecule is CCc1nnc(SCc2ccc(C(=O)[O-])cc2)o1. The van der Waals surface area contributed by atoms with Crippen LogP contribution in [0.1, 0.15) is 28.7 Å². The highest BCUT2D eigenvalue weighted by Crippen LogP contribution is 2.21. The Morgan fingerprint density at radius 2 is 2.06 bits per heavy atom. The van der Waals surface area contributed by atoms with E-state index in [-0.39, 0.29) is 5.56 Å². The highest BCUT2D eigenvalue weighted by molar-refractivity contribution is 7.98. The van der Waals surface area contributed by atoms with E-state index in [9.17, 15) is 9.90 Å². The number of carbonyl (C=O) groups excluding carboxylic acids is 1. The third kappa shape index (κ3) is 3.10. The quantitative estimate of drug-likeness (QED) is 0.756. The maximum absolute atomic E-state index is 10.6. The fourth-order valence-electron chi connectivity index (χ4n) is 1.32. The number of nitrogens with zero attached hydrogens (tertiary/aromatic N) is 2. The monoisotopic (exact) mass is 263 g/mol. The lowest BCUT2D eigenvalue weighted by atomic mass is 10.1. The first-order chi connectivity index (χ1) is 8.69. The van der Waals surface area contributed by atoms with Gasteiger partial charge in [0.1, 0.15) is 0 Å². The largest absolute Gasteiger partial charge is 0.545 e. The molecule has 94 valence electrons. The zero-order valence-electron chi connectivity index (χ0n) is 9.75. The molecule has 0 N–H and O–H groups in total. The summed E-state index contributed by atoms with van der Waals surface area (Å²) >= 11 is 1.42. The highest BCUT2D eigenvalue weighted by Gasteiger charge is 2.05. The molecule has 0 radical (unpaired) electrons. The predicted molar refractivity (Wildman–Crippen MR) is 64.0 cm³/mol. The Hall–Kier alpha value is -1.82. The van der Waals surface area contributed by atoms with Crippen molar-refractivity contribution in [2.75, 3.05) is 0 Å². The van der Waals surface area contributed by atoms with Gasteiger partial charge >= 0.3 is 0 Å². The third-order valence-electron chi connectivity index (χ3n) is 2.30. The van der Waals surface area contributed by atoms with E-state index in [0.717, 1.165) is 5.56 Å². The topological polar surface area (TPSA) is 79.0 Å². The van der Waals surface area contributed by atoms with E-state index in [0.29, 0.717) is 23.3 Å². The second-order valence-corrected chi connectivity index (χ2v) is 4.51. The van der Waals surface area contributed by atoms with Gasteiger partial charge in [-0.25, -0.2) is 0 Å². The van der Waals surface area contributed by atoms with Crippen molar-refractivity contribution in [2.45, 2.75) is 24.3 Å². The first-order valence-corrected chi connectivity index (χ1v) is 6.43. The number of benzene rings is 1. The van der Waals surface area contributed by atoms with Gasteiger partial charge in [0.15, 0.2) is 0 Å². The lowest BCUT2D eigenvalue weighted by Gasteiger charge is -2.03. The van der Waals surface area contributed by atoms with E-state index in [1.165, 1.54) is 23.9 Å². The van der Waals surface area contributed by atoms with Crippen LogP contribution < -0.4 is 5.11 Å². The molecule has 0 aliphatic heterocycles. The molecule has 0 saturated heterocycles. The summed E-state index contributed by atoms with van der Waals surface area (Å²) in [4.78, 5) is 10.6. The number of carboxylic acids is 1. The van der Waals surface area contributed by atoms with E-state index >= 15 is 0 Å².